The number of carbonyl (C=O) groups is 1. The molecule has 1 aromatic carbocycles. The molecule has 1 aliphatic heterocycles. The molecule has 1 aliphatic carbocycles. The third-order valence-electron chi connectivity index (χ3n) is 6.25. The number of hydrogen-bond donors (Lipinski definition) is 1. The number of rotatable bonds is 6. The van der Waals surface area contributed by atoms with Crippen molar-refractivity contribution in [3.05, 3.63) is 42.2 Å². The van der Waals surface area contributed by atoms with Crippen LogP contribution in [0.5, 0.6) is 23.0 Å². The van der Waals surface area contributed by atoms with E-state index in [4.69, 9.17) is 18.9 Å². The van der Waals surface area contributed by atoms with Crippen LogP contribution in [0.3, 0.4) is 0 Å². The number of fused-ring (bicyclic) bond motifs is 1. The number of aromatic nitrogens is 1. The highest BCUT2D eigenvalue weighted by molar-refractivity contribution is 5.97. The normalized spacial score (nSPS) is 25.0. The van der Waals surface area contributed by atoms with E-state index in [1.165, 1.54) is 7.11 Å². The van der Waals surface area contributed by atoms with E-state index in [2.05, 4.69) is 4.98 Å². The van der Waals surface area contributed by atoms with Crippen LogP contribution < -0.4 is 18.9 Å². The van der Waals surface area contributed by atoms with Crippen molar-refractivity contribution in [3.63, 3.8) is 0 Å². The Morgan fingerprint density at radius 3 is 2.42 bits per heavy atom. The largest absolute Gasteiger partial charge is 0.494 e. The quantitative estimate of drug-likeness (QED) is 0.756. The van der Waals surface area contributed by atoms with Crippen LogP contribution in [0.25, 0.3) is 0 Å². The lowest BCUT2D eigenvalue weighted by Gasteiger charge is -2.35. The van der Waals surface area contributed by atoms with Gasteiger partial charge in [-0.05, 0) is 42.9 Å². The van der Waals surface area contributed by atoms with Gasteiger partial charge in [0.1, 0.15) is 11.9 Å². The van der Waals surface area contributed by atoms with Crippen molar-refractivity contribution < 1.29 is 28.8 Å². The first kappa shape index (κ1) is 21.2. The Bertz CT molecular complexity index is 936. The number of amides is 1. The maximum Gasteiger partial charge on any atom is 0.257 e. The molecule has 2 aliphatic rings. The predicted molar refractivity (Wildman–Crippen MR) is 113 cm³/mol. The second-order valence-corrected chi connectivity index (χ2v) is 7.99. The van der Waals surface area contributed by atoms with Crippen molar-refractivity contribution in [3.8, 4) is 23.0 Å². The Labute approximate surface area is 181 Å². The zero-order valence-corrected chi connectivity index (χ0v) is 18.0. The summed E-state index contributed by atoms with van der Waals surface area (Å²) in [4.78, 5) is 18.9. The van der Waals surface area contributed by atoms with Gasteiger partial charge in [0, 0.05) is 19.3 Å². The first-order valence-electron chi connectivity index (χ1n) is 10.4. The van der Waals surface area contributed by atoms with Crippen molar-refractivity contribution in [2.75, 3.05) is 34.4 Å². The van der Waals surface area contributed by atoms with Crippen LogP contribution in [0.1, 0.15) is 23.2 Å². The maximum absolute atomic E-state index is 13.1. The van der Waals surface area contributed by atoms with Gasteiger partial charge in [0.25, 0.3) is 5.91 Å². The van der Waals surface area contributed by atoms with Crippen molar-refractivity contribution in [2.45, 2.75) is 25.0 Å². The van der Waals surface area contributed by atoms with Gasteiger partial charge < -0.3 is 29.0 Å². The Morgan fingerprint density at radius 1 is 1.00 bits per heavy atom. The SMILES string of the molecule is COc1cnccc1C(=O)N1C[C@H]2C[C@@H](Oc3cccc(OC)c3OC)[C@H](O)C[C@H]2C1. The molecule has 31 heavy (non-hydrogen) atoms. The molecule has 2 fully saturated rings. The second kappa shape index (κ2) is 9.01. The zero-order chi connectivity index (χ0) is 22.0. The number of hydrogen-bond acceptors (Lipinski definition) is 7. The molecule has 166 valence electrons. The molecule has 4 atom stereocenters. The van der Waals surface area contributed by atoms with Gasteiger partial charge in [0.2, 0.25) is 5.75 Å². The number of likely N-dealkylation sites (tertiary alicyclic amines) is 1. The fraction of sp³-hybridized carbons (Fsp3) is 0.478. The van der Waals surface area contributed by atoms with Gasteiger partial charge in [0.15, 0.2) is 11.5 Å². The maximum atomic E-state index is 13.1. The molecule has 0 bridgehead atoms. The van der Waals surface area contributed by atoms with Crippen molar-refractivity contribution in [2.24, 2.45) is 11.8 Å². The van der Waals surface area contributed by atoms with Crippen LogP contribution in [-0.2, 0) is 0 Å². The highest BCUT2D eigenvalue weighted by Crippen LogP contribution is 2.42. The molecule has 8 nitrogen and oxygen atoms in total. The lowest BCUT2D eigenvalue weighted by atomic mass is 9.78. The van der Waals surface area contributed by atoms with E-state index in [0.717, 1.165) is 0 Å². The highest BCUT2D eigenvalue weighted by atomic mass is 16.5. The summed E-state index contributed by atoms with van der Waals surface area (Å²) in [6.45, 7) is 1.23. The fourth-order valence-corrected chi connectivity index (χ4v) is 4.69. The molecule has 1 saturated carbocycles. The van der Waals surface area contributed by atoms with E-state index >= 15 is 0 Å². The Hall–Kier alpha value is -3.00. The molecule has 1 N–H and O–H groups in total. The molecule has 1 amide bonds. The summed E-state index contributed by atoms with van der Waals surface area (Å²) >= 11 is 0. The van der Waals surface area contributed by atoms with Gasteiger partial charge >= 0.3 is 0 Å². The topological polar surface area (TPSA) is 90.4 Å². The van der Waals surface area contributed by atoms with E-state index in [-0.39, 0.29) is 23.8 Å². The molecule has 2 heterocycles. The number of aliphatic hydroxyl groups excluding tert-OH is 1. The summed E-state index contributed by atoms with van der Waals surface area (Å²) in [7, 11) is 4.66. The second-order valence-electron chi connectivity index (χ2n) is 7.99. The number of para-hydroxylation sites is 1. The molecule has 1 saturated heterocycles. The molecule has 1 aromatic heterocycles. The van der Waals surface area contributed by atoms with E-state index < -0.39 is 6.10 Å². The number of nitrogens with zero attached hydrogens (tertiary/aromatic N) is 2. The van der Waals surface area contributed by atoms with Crippen LogP contribution in [0.4, 0.5) is 0 Å². The molecular formula is C23H28N2O6. The summed E-state index contributed by atoms with van der Waals surface area (Å²) in [5, 5.41) is 10.8. The van der Waals surface area contributed by atoms with Crippen molar-refractivity contribution >= 4 is 5.91 Å². The van der Waals surface area contributed by atoms with Crippen molar-refractivity contribution in [1.29, 1.82) is 0 Å². The van der Waals surface area contributed by atoms with E-state index in [0.29, 0.717) is 54.5 Å². The monoisotopic (exact) mass is 428 g/mol. The highest BCUT2D eigenvalue weighted by Gasteiger charge is 2.44. The summed E-state index contributed by atoms with van der Waals surface area (Å²) in [6.07, 6.45) is 3.37. The Morgan fingerprint density at radius 2 is 1.71 bits per heavy atom. The molecule has 8 heteroatoms. The molecule has 4 rings (SSSR count). The smallest absolute Gasteiger partial charge is 0.257 e. The first-order valence-corrected chi connectivity index (χ1v) is 10.4. The molecule has 0 unspecified atom stereocenters. The molecular weight excluding hydrogens is 400 g/mol. The average molecular weight is 428 g/mol. The zero-order valence-electron chi connectivity index (χ0n) is 18.0. The fourth-order valence-electron chi connectivity index (χ4n) is 4.69. The third-order valence-corrected chi connectivity index (χ3v) is 6.25. The van der Waals surface area contributed by atoms with Crippen LogP contribution in [0.15, 0.2) is 36.7 Å². The van der Waals surface area contributed by atoms with Gasteiger partial charge in [0.05, 0.1) is 39.2 Å². The summed E-state index contributed by atoms with van der Waals surface area (Å²) in [6, 6.07) is 7.11. The molecule has 0 spiro atoms. The number of carbonyl (C=O) groups excluding carboxylic acids is 1. The van der Waals surface area contributed by atoms with Gasteiger partial charge in [-0.2, -0.15) is 0 Å². The number of aliphatic hydroxyl groups is 1. The molecule has 2 aromatic rings. The number of pyridine rings is 1. The lowest BCUT2D eigenvalue weighted by molar-refractivity contribution is -0.0241. The number of ether oxygens (including phenoxy) is 4. The van der Waals surface area contributed by atoms with E-state index in [1.807, 2.05) is 11.0 Å². The Kier molecular flexibility index (Phi) is 6.18. The van der Waals surface area contributed by atoms with E-state index in [1.54, 1.807) is 44.8 Å². The summed E-state index contributed by atoms with van der Waals surface area (Å²) in [5.41, 5.74) is 0.505. The lowest BCUT2D eigenvalue weighted by Crippen LogP contribution is -2.42. The standard InChI is InChI=1S/C23H28N2O6/c1-28-18-5-4-6-19(22(18)30-3)31-20-10-15-13-25(12-14(15)9-17(20)26)23(27)16-7-8-24-11-21(16)29-2/h4-8,11,14-15,17,20,26H,9-10,12-13H2,1-3H3/t14-,15+,17+,20+/m0/s1. The summed E-state index contributed by atoms with van der Waals surface area (Å²) in [5.74, 6) is 2.50. The first-order chi connectivity index (χ1) is 15.0. The Balaban J connectivity index is 1.47. The summed E-state index contributed by atoms with van der Waals surface area (Å²) < 4.78 is 22.3. The van der Waals surface area contributed by atoms with Gasteiger partial charge in [-0.3, -0.25) is 9.78 Å². The van der Waals surface area contributed by atoms with Crippen molar-refractivity contribution in [1.82, 2.24) is 9.88 Å². The van der Waals surface area contributed by atoms with Crippen LogP contribution >= 0.6 is 0 Å². The third kappa shape index (κ3) is 4.12. The number of methoxy groups -OCH3 is 3. The minimum absolute atomic E-state index is 0.0740. The number of benzene rings is 1. The van der Waals surface area contributed by atoms with Gasteiger partial charge in [-0.1, -0.05) is 6.07 Å². The van der Waals surface area contributed by atoms with Gasteiger partial charge in [-0.25, -0.2) is 0 Å². The van der Waals surface area contributed by atoms with Crippen LogP contribution in [-0.4, -0.2) is 67.5 Å². The minimum atomic E-state index is -0.623. The van der Waals surface area contributed by atoms with Gasteiger partial charge in [-0.15, -0.1) is 0 Å². The van der Waals surface area contributed by atoms with Crippen LogP contribution in [0.2, 0.25) is 0 Å². The molecule has 0 radical (unpaired) electrons. The minimum Gasteiger partial charge on any atom is -0.494 e. The van der Waals surface area contributed by atoms with E-state index in [9.17, 15) is 9.90 Å². The predicted octanol–water partition coefficient (Wildman–Crippen LogP) is 2.40. The van der Waals surface area contributed by atoms with Crippen LogP contribution in [0, 0.1) is 11.8 Å². The average Bonchev–Trinajstić information content (AvgIpc) is 3.21.